The van der Waals surface area contributed by atoms with Crippen LogP contribution in [0.2, 0.25) is 0 Å². The summed E-state index contributed by atoms with van der Waals surface area (Å²) < 4.78 is 37.5. The van der Waals surface area contributed by atoms with Crippen LogP contribution in [-0.2, 0) is 6.18 Å². The molecule has 0 unspecified atom stereocenters. The van der Waals surface area contributed by atoms with Gasteiger partial charge in [-0.1, -0.05) is 0 Å². The maximum Gasteiger partial charge on any atom is 0.416 e. The molecular formula is C15H10F3N3O2. The van der Waals surface area contributed by atoms with E-state index >= 15 is 0 Å². The van der Waals surface area contributed by atoms with Crippen LogP contribution in [0.3, 0.4) is 0 Å². The summed E-state index contributed by atoms with van der Waals surface area (Å²) in [4.78, 5) is 28.3. The van der Waals surface area contributed by atoms with E-state index in [1.165, 1.54) is 0 Å². The average molecular weight is 321 g/mol. The molecule has 23 heavy (non-hydrogen) atoms. The number of H-pyrrole nitrogens is 2. The molecule has 2 aromatic carbocycles. The quantitative estimate of drug-likeness (QED) is 0.678. The lowest BCUT2D eigenvalue weighted by Crippen LogP contribution is -2.12. The van der Waals surface area contributed by atoms with Crippen molar-refractivity contribution in [2.24, 2.45) is 0 Å². The van der Waals surface area contributed by atoms with Crippen LogP contribution in [-0.4, -0.2) is 15.9 Å². The average Bonchev–Trinajstić information content (AvgIpc) is 2.86. The molecule has 8 heteroatoms. The molecule has 3 rings (SSSR count). The predicted octanol–water partition coefficient (Wildman–Crippen LogP) is 3.13. The highest BCUT2D eigenvalue weighted by Crippen LogP contribution is 2.29. The largest absolute Gasteiger partial charge is 0.416 e. The Morgan fingerprint density at radius 2 is 1.61 bits per heavy atom. The molecular weight excluding hydrogens is 311 g/mol. The first-order chi connectivity index (χ1) is 10.8. The number of alkyl halides is 3. The Hall–Kier alpha value is -3.03. The normalized spacial score (nSPS) is 11.6. The van der Waals surface area contributed by atoms with E-state index < -0.39 is 17.6 Å². The Kier molecular flexibility index (Phi) is 3.44. The molecule has 1 aromatic heterocycles. The van der Waals surface area contributed by atoms with Crippen LogP contribution in [0, 0.1) is 0 Å². The number of anilines is 1. The SMILES string of the molecule is O=C(Nc1ccc2[nH]c(=O)[nH]c2c1)c1ccc(C(F)(F)F)cc1. The van der Waals surface area contributed by atoms with Crippen molar-refractivity contribution in [1.29, 1.82) is 0 Å². The third kappa shape index (κ3) is 3.10. The first-order valence-electron chi connectivity index (χ1n) is 6.53. The van der Waals surface area contributed by atoms with Gasteiger partial charge in [-0.05, 0) is 42.5 Å². The molecule has 3 aromatic rings. The van der Waals surface area contributed by atoms with Gasteiger partial charge in [0.1, 0.15) is 0 Å². The summed E-state index contributed by atoms with van der Waals surface area (Å²) in [5.74, 6) is -0.545. The van der Waals surface area contributed by atoms with E-state index in [0.29, 0.717) is 16.7 Å². The van der Waals surface area contributed by atoms with Crippen molar-refractivity contribution in [2.45, 2.75) is 6.18 Å². The Morgan fingerprint density at radius 3 is 2.26 bits per heavy atom. The molecule has 118 valence electrons. The van der Waals surface area contributed by atoms with Crippen molar-refractivity contribution in [3.63, 3.8) is 0 Å². The van der Waals surface area contributed by atoms with E-state index in [-0.39, 0.29) is 11.3 Å². The lowest BCUT2D eigenvalue weighted by Gasteiger charge is -2.08. The zero-order chi connectivity index (χ0) is 16.6. The fraction of sp³-hybridized carbons (Fsp3) is 0.0667. The second kappa shape index (κ2) is 5.31. The van der Waals surface area contributed by atoms with Gasteiger partial charge < -0.3 is 15.3 Å². The van der Waals surface area contributed by atoms with Gasteiger partial charge in [0.15, 0.2) is 0 Å². The minimum Gasteiger partial charge on any atom is -0.322 e. The fourth-order valence-electron chi connectivity index (χ4n) is 2.12. The first-order valence-corrected chi connectivity index (χ1v) is 6.53. The molecule has 1 heterocycles. The van der Waals surface area contributed by atoms with Gasteiger partial charge >= 0.3 is 11.9 Å². The van der Waals surface area contributed by atoms with Gasteiger partial charge in [0.2, 0.25) is 0 Å². The summed E-state index contributed by atoms with van der Waals surface area (Å²) in [5, 5.41) is 2.56. The maximum absolute atomic E-state index is 12.5. The van der Waals surface area contributed by atoms with Gasteiger partial charge in [-0.3, -0.25) is 4.79 Å². The number of rotatable bonds is 2. The maximum atomic E-state index is 12.5. The van der Waals surface area contributed by atoms with Crippen molar-refractivity contribution >= 4 is 22.6 Å². The highest BCUT2D eigenvalue weighted by molar-refractivity contribution is 6.04. The van der Waals surface area contributed by atoms with E-state index in [2.05, 4.69) is 15.3 Å². The van der Waals surface area contributed by atoms with Gasteiger partial charge in [-0.25, -0.2) is 4.79 Å². The van der Waals surface area contributed by atoms with Gasteiger partial charge in [-0.15, -0.1) is 0 Å². The highest BCUT2D eigenvalue weighted by atomic mass is 19.4. The highest BCUT2D eigenvalue weighted by Gasteiger charge is 2.30. The van der Waals surface area contributed by atoms with Crippen LogP contribution in [0.1, 0.15) is 15.9 Å². The molecule has 0 bridgehead atoms. The van der Waals surface area contributed by atoms with Crippen molar-refractivity contribution in [3.05, 3.63) is 64.1 Å². The summed E-state index contributed by atoms with van der Waals surface area (Å²) in [6, 6.07) is 8.64. The standard InChI is InChI=1S/C15H10F3N3O2/c16-15(17,18)9-3-1-8(2-4-9)13(22)19-10-5-6-11-12(7-10)21-14(23)20-11/h1-7H,(H,19,22)(H2,20,21,23). The minimum absolute atomic E-state index is 0.0978. The molecule has 0 atom stereocenters. The number of carbonyl (C=O) groups is 1. The van der Waals surface area contributed by atoms with E-state index in [4.69, 9.17) is 0 Å². The number of benzene rings is 2. The molecule has 5 nitrogen and oxygen atoms in total. The molecule has 0 radical (unpaired) electrons. The number of amides is 1. The summed E-state index contributed by atoms with van der Waals surface area (Å²) >= 11 is 0. The van der Waals surface area contributed by atoms with Gasteiger partial charge in [-0.2, -0.15) is 13.2 Å². The first kappa shape index (κ1) is 14.9. The number of aromatic nitrogens is 2. The van der Waals surface area contributed by atoms with Crippen molar-refractivity contribution in [2.75, 3.05) is 5.32 Å². The number of hydrogen-bond donors (Lipinski definition) is 3. The fourth-order valence-corrected chi connectivity index (χ4v) is 2.12. The third-order valence-corrected chi connectivity index (χ3v) is 3.25. The van der Waals surface area contributed by atoms with Crippen LogP contribution < -0.4 is 11.0 Å². The second-order valence-electron chi connectivity index (χ2n) is 4.87. The number of halogens is 3. The number of imidazole rings is 1. The van der Waals surface area contributed by atoms with Crippen molar-refractivity contribution in [3.8, 4) is 0 Å². The van der Waals surface area contributed by atoms with Gasteiger partial charge in [0.05, 0.1) is 16.6 Å². The molecule has 1 amide bonds. The van der Waals surface area contributed by atoms with E-state index in [0.717, 1.165) is 24.3 Å². The Morgan fingerprint density at radius 1 is 0.957 bits per heavy atom. The van der Waals surface area contributed by atoms with Crippen LogP contribution in [0.5, 0.6) is 0 Å². The smallest absolute Gasteiger partial charge is 0.322 e. The van der Waals surface area contributed by atoms with Crippen LogP contribution in [0.15, 0.2) is 47.3 Å². The Balaban J connectivity index is 1.81. The number of carbonyl (C=O) groups excluding carboxylic acids is 1. The Labute approximate surface area is 127 Å². The van der Waals surface area contributed by atoms with Crippen LogP contribution in [0.4, 0.5) is 18.9 Å². The number of nitrogens with one attached hydrogen (secondary N) is 3. The lowest BCUT2D eigenvalue weighted by molar-refractivity contribution is -0.137. The van der Waals surface area contributed by atoms with Crippen LogP contribution in [0.25, 0.3) is 11.0 Å². The lowest BCUT2D eigenvalue weighted by atomic mass is 10.1. The molecule has 0 saturated carbocycles. The molecule has 0 aliphatic carbocycles. The Bertz CT molecular complexity index is 924. The molecule has 0 spiro atoms. The van der Waals surface area contributed by atoms with Gasteiger partial charge in [0.25, 0.3) is 5.91 Å². The van der Waals surface area contributed by atoms with E-state index in [1.807, 2.05) is 0 Å². The zero-order valence-electron chi connectivity index (χ0n) is 11.5. The minimum atomic E-state index is -4.44. The molecule has 0 aliphatic heterocycles. The number of aromatic amines is 2. The third-order valence-electron chi connectivity index (χ3n) is 3.25. The molecule has 3 N–H and O–H groups in total. The summed E-state index contributed by atoms with van der Waals surface area (Å²) in [6.07, 6.45) is -4.44. The van der Waals surface area contributed by atoms with Crippen molar-refractivity contribution < 1.29 is 18.0 Å². The molecule has 0 fully saturated rings. The van der Waals surface area contributed by atoms with Crippen molar-refractivity contribution in [1.82, 2.24) is 9.97 Å². The number of hydrogen-bond acceptors (Lipinski definition) is 2. The van der Waals surface area contributed by atoms with E-state index in [1.54, 1.807) is 18.2 Å². The summed E-state index contributed by atoms with van der Waals surface area (Å²) in [7, 11) is 0. The predicted molar refractivity (Wildman–Crippen MR) is 78.3 cm³/mol. The molecule has 0 saturated heterocycles. The summed E-state index contributed by atoms with van der Waals surface area (Å²) in [6.45, 7) is 0. The van der Waals surface area contributed by atoms with E-state index in [9.17, 15) is 22.8 Å². The monoisotopic (exact) mass is 321 g/mol. The topological polar surface area (TPSA) is 77.8 Å². The number of fused-ring (bicyclic) bond motifs is 1. The molecule has 0 aliphatic rings. The van der Waals surface area contributed by atoms with Gasteiger partial charge in [0, 0.05) is 11.3 Å². The van der Waals surface area contributed by atoms with Crippen LogP contribution >= 0.6 is 0 Å². The summed E-state index contributed by atoms with van der Waals surface area (Å²) in [5.41, 5.74) is 0.424. The zero-order valence-corrected chi connectivity index (χ0v) is 11.5. The second-order valence-corrected chi connectivity index (χ2v) is 4.87.